The van der Waals surface area contributed by atoms with Gasteiger partial charge in [-0.2, -0.15) is 0 Å². The van der Waals surface area contributed by atoms with Crippen LogP contribution in [0.15, 0.2) is 24.3 Å². The molecule has 0 saturated heterocycles. The van der Waals surface area contributed by atoms with Crippen LogP contribution in [0.4, 0.5) is 16.2 Å². The lowest BCUT2D eigenvalue weighted by Gasteiger charge is -2.15. The van der Waals surface area contributed by atoms with Gasteiger partial charge in [0.25, 0.3) is 0 Å². The molecule has 0 radical (unpaired) electrons. The highest BCUT2D eigenvalue weighted by Crippen LogP contribution is 2.44. The molecule has 2 aromatic rings. The van der Waals surface area contributed by atoms with Crippen molar-refractivity contribution in [3.63, 3.8) is 0 Å². The van der Waals surface area contributed by atoms with E-state index in [-0.39, 0.29) is 6.03 Å². The number of carbonyl (C=O) groups excluding carboxylic acids is 1. The minimum atomic E-state index is -0.262. The Bertz CT molecular complexity index is 798. The lowest BCUT2D eigenvalue weighted by molar-refractivity contribution is 0.262. The van der Waals surface area contributed by atoms with Crippen LogP contribution in [-0.2, 0) is 12.8 Å². The van der Waals surface area contributed by atoms with E-state index in [4.69, 9.17) is 9.47 Å². The maximum absolute atomic E-state index is 12.5. The number of anilines is 2. The van der Waals surface area contributed by atoms with Gasteiger partial charge in [-0.3, -0.25) is 0 Å². The minimum Gasteiger partial charge on any atom is -0.493 e. The molecular formula is C19H20N2O3. The van der Waals surface area contributed by atoms with Crippen molar-refractivity contribution in [3.05, 3.63) is 46.5 Å². The highest BCUT2D eigenvalue weighted by atomic mass is 16.5. The predicted octanol–water partition coefficient (Wildman–Crippen LogP) is 3.82. The van der Waals surface area contributed by atoms with Crippen LogP contribution in [-0.4, -0.2) is 19.2 Å². The molecule has 2 aliphatic rings. The Morgan fingerprint density at radius 3 is 2.75 bits per heavy atom. The molecule has 0 spiro atoms. The fourth-order valence-corrected chi connectivity index (χ4v) is 3.26. The van der Waals surface area contributed by atoms with Crippen LogP contribution in [0.5, 0.6) is 11.5 Å². The van der Waals surface area contributed by atoms with E-state index in [2.05, 4.69) is 10.6 Å². The Hall–Kier alpha value is -2.69. The summed E-state index contributed by atoms with van der Waals surface area (Å²) in [5.41, 5.74) is 5.81. The van der Waals surface area contributed by atoms with Gasteiger partial charge in [0.1, 0.15) is 11.5 Å². The van der Waals surface area contributed by atoms with E-state index in [1.54, 1.807) is 0 Å². The molecule has 0 atom stereocenters. The summed E-state index contributed by atoms with van der Waals surface area (Å²) in [7, 11) is 0. The quantitative estimate of drug-likeness (QED) is 0.883. The van der Waals surface area contributed by atoms with Crippen molar-refractivity contribution < 1.29 is 14.3 Å². The van der Waals surface area contributed by atoms with E-state index in [9.17, 15) is 4.79 Å². The maximum Gasteiger partial charge on any atom is 0.323 e. The molecule has 24 heavy (non-hydrogen) atoms. The zero-order chi connectivity index (χ0) is 16.7. The summed E-state index contributed by atoms with van der Waals surface area (Å²) in [6.45, 7) is 5.27. The number of hydrogen-bond donors (Lipinski definition) is 2. The van der Waals surface area contributed by atoms with Crippen molar-refractivity contribution in [2.24, 2.45) is 0 Å². The first kappa shape index (κ1) is 14.9. The largest absolute Gasteiger partial charge is 0.493 e. The van der Waals surface area contributed by atoms with Crippen LogP contribution in [0.3, 0.4) is 0 Å². The second-order valence-corrected chi connectivity index (χ2v) is 6.31. The summed E-state index contributed by atoms with van der Waals surface area (Å²) in [4.78, 5) is 12.5. The van der Waals surface area contributed by atoms with E-state index in [1.165, 1.54) is 0 Å². The molecule has 0 bridgehead atoms. The second kappa shape index (κ2) is 5.74. The average Bonchev–Trinajstić information content (AvgIpc) is 3.19. The fraction of sp³-hybridized carbons (Fsp3) is 0.316. The van der Waals surface area contributed by atoms with E-state index in [0.29, 0.717) is 13.2 Å². The van der Waals surface area contributed by atoms with Gasteiger partial charge in [-0.1, -0.05) is 12.1 Å². The molecule has 2 heterocycles. The molecule has 0 unspecified atom stereocenters. The van der Waals surface area contributed by atoms with Gasteiger partial charge in [-0.25, -0.2) is 4.79 Å². The van der Waals surface area contributed by atoms with Gasteiger partial charge in [-0.05, 0) is 37.1 Å². The predicted molar refractivity (Wildman–Crippen MR) is 93.4 cm³/mol. The van der Waals surface area contributed by atoms with E-state index in [1.807, 2.05) is 38.1 Å². The Morgan fingerprint density at radius 2 is 1.88 bits per heavy atom. The highest BCUT2D eigenvalue weighted by Gasteiger charge is 2.27. The number of nitrogens with one attached hydrogen (secondary N) is 2. The number of benzene rings is 2. The number of carbonyl (C=O) groups is 1. The summed E-state index contributed by atoms with van der Waals surface area (Å²) in [6.07, 6.45) is 1.63. The zero-order valence-corrected chi connectivity index (χ0v) is 13.9. The molecule has 4 rings (SSSR count). The third kappa shape index (κ3) is 2.56. The van der Waals surface area contributed by atoms with Gasteiger partial charge in [-0.15, -0.1) is 0 Å². The molecule has 5 nitrogen and oxygen atoms in total. The topological polar surface area (TPSA) is 59.6 Å². The van der Waals surface area contributed by atoms with Gasteiger partial charge in [0.2, 0.25) is 0 Å². The molecule has 0 aliphatic carbocycles. The summed E-state index contributed by atoms with van der Waals surface area (Å²) < 4.78 is 11.4. The monoisotopic (exact) mass is 324 g/mol. The van der Waals surface area contributed by atoms with Crippen molar-refractivity contribution in [2.75, 3.05) is 23.8 Å². The summed E-state index contributed by atoms with van der Waals surface area (Å²) in [5, 5.41) is 5.92. The van der Waals surface area contributed by atoms with Crippen LogP contribution in [0.1, 0.15) is 22.3 Å². The van der Waals surface area contributed by atoms with Crippen molar-refractivity contribution in [1.82, 2.24) is 0 Å². The molecule has 2 N–H and O–H groups in total. The van der Waals surface area contributed by atoms with Gasteiger partial charge >= 0.3 is 6.03 Å². The molecule has 5 heteroatoms. The number of hydrogen-bond acceptors (Lipinski definition) is 3. The van der Waals surface area contributed by atoms with E-state index < -0.39 is 0 Å². The van der Waals surface area contributed by atoms with Crippen LogP contribution in [0.25, 0.3) is 0 Å². The molecule has 2 amide bonds. The molecule has 0 fully saturated rings. The first-order valence-corrected chi connectivity index (χ1v) is 8.21. The van der Waals surface area contributed by atoms with Gasteiger partial charge in [0.15, 0.2) is 0 Å². The molecule has 0 saturated carbocycles. The normalized spacial score (nSPS) is 14.4. The Kier molecular flexibility index (Phi) is 3.56. The maximum atomic E-state index is 12.5. The van der Waals surface area contributed by atoms with E-state index in [0.717, 1.165) is 58.0 Å². The number of rotatable bonds is 2. The number of urea groups is 1. The SMILES string of the molecule is Cc1ccc(C)c(NC(=O)Nc2c3c(cc4c2OCC4)OCC3)c1. The van der Waals surface area contributed by atoms with E-state index >= 15 is 0 Å². The number of aryl methyl sites for hydroxylation is 2. The number of fused-ring (bicyclic) bond motifs is 2. The van der Waals surface area contributed by atoms with Crippen LogP contribution in [0, 0.1) is 13.8 Å². The van der Waals surface area contributed by atoms with Gasteiger partial charge < -0.3 is 20.1 Å². The summed E-state index contributed by atoms with van der Waals surface area (Å²) in [5.74, 6) is 1.65. The highest BCUT2D eigenvalue weighted by molar-refractivity contribution is 6.02. The Morgan fingerprint density at radius 1 is 1.04 bits per heavy atom. The van der Waals surface area contributed by atoms with Crippen molar-refractivity contribution >= 4 is 17.4 Å². The standard InChI is InChI=1S/C19H20N2O3/c1-11-3-4-12(2)15(9-11)20-19(22)21-17-14-6-8-23-16(14)10-13-5-7-24-18(13)17/h3-4,9-10H,5-8H2,1-2H3,(H2,20,21,22). The van der Waals surface area contributed by atoms with Crippen molar-refractivity contribution in [3.8, 4) is 11.5 Å². The third-order valence-corrected chi connectivity index (χ3v) is 4.53. The molecule has 124 valence electrons. The molecule has 2 aromatic carbocycles. The minimum absolute atomic E-state index is 0.262. The first-order chi connectivity index (χ1) is 11.6. The van der Waals surface area contributed by atoms with Crippen molar-refractivity contribution in [2.45, 2.75) is 26.7 Å². The zero-order valence-electron chi connectivity index (χ0n) is 13.9. The van der Waals surface area contributed by atoms with Gasteiger partial charge in [0, 0.05) is 29.7 Å². The summed E-state index contributed by atoms with van der Waals surface area (Å²) in [6, 6.07) is 7.77. The number of amides is 2. The Balaban J connectivity index is 1.62. The second-order valence-electron chi connectivity index (χ2n) is 6.31. The van der Waals surface area contributed by atoms with Crippen LogP contribution >= 0.6 is 0 Å². The number of ether oxygens (including phenoxy) is 2. The summed E-state index contributed by atoms with van der Waals surface area (Å²) >= 11 is 0. The lowest BCUT2D eigenvalue weighted by Crippen LogP contribution is -2.21. The fourth-order valence-electron chi connectivity index (χ4n) is 3.26. The van der Waals surface area contributed by atoms with Crippen molar-refractivity contribution in [1.29, 1.82) is 0 Å². The Labute approximate surface area is 141 Å². The molecular weight excluding hydrogens is 304 g/mol. The van der Waals surface area contributed by atoms with Crippen LogP contribution in [0.2, 0.25) is 0 Å². The lowest BCUT2D eigenvalue weighted by atomic mass is 10.0. The smallest absolute Gasteiger partial charge is 0.323 e. The average molecular weight is 324 g/mol. The van der Waals surface area contributed by atoms with Crippen LogP contribution < -0.4 is 20.1 Å². The third-order valence-electron chi connectivity index (χ3n) is 4.53. The molecule has 0 aromatic heterocycles. The first-order valence-electron chi connectivity index (χ1n) is 8.21. The van der Waals surface area contributed by atoms with Gasteiger partial charge in [0.05, 0.1) is 18.9 Å². The molecule has 2 aliphatic heterocycles.